The minimum absolute atomic E-state index is 0.0178. The molecule has 24 heavy (non-hydrogen) atoms. The van der Waals surface area contributed by atoms with E-state index in [1.807, 2.05) is 0 Å². The number of para-hydroxylation sites is 1. The molecule has 0 bridgehead atoms. The van der Waals surface area contributed by atoms with Crippen molar-refractivity contribution in [2.75, 3.05) is 51.3 Å². The van der Waals surface area contributed by atoms with E-state index in [0.29, 0.717) is 25.9 Å². The van der Waals surface area contributed by atoms with Gasteiger partial charge in [-0.2, -0.15) is 0 Å². The molecule has 0 radical (unpaired) electrons. The van der Waals surface area contributed by atoms with Gasteiger partial charge in [0.2, 0.25) is 5.91 Å². The number of methoxy groups -OCH3 is 1. The van der Waals surface area contributed by atoms with Crippen LogP contribution < -0.4 is 10.2 Å². The first-order valence-electron chi connectivity index (χ1n) is 8.46. The van der Waals surface area contributed by atoms with Crippen molar-refractivity contribution in [3.05, 3.63) is 29.8 Å². The summed E-state index contributed by atoms with van der Waals surface area (Å²) in [5.41, 5.74) is 2.57. The van der Waals surface area contributed by atoms with Crippen LogP contribution in [0.2, 0.25) is 0 Å². The van der Waals surface area contributed by atoms with Gasteiger partial charge in [-0.15, -0.1) is 0 Å². The number of carbonyl (C=O) groups is 2. The Morgan fingerprint density at radius 3 is 2.54 bits per heavy atom. The van der Waals surface area contributed by atoms with Crippen molar-refractivity contribution < 1.29 is 14.3 Å². The van der Waals surface area contributed by atoms with Gasteiger partial charge in [0.25, 0.3) is 0 Å². The number of hydrogen-bond donors (Lipinski definition) is 1. The molecule has 0 atom stereocenters. The van der Waals surface area contributed by atoms with Crippen molar-refractivity contribution >= 4 is 17.6 Å². The Kier molecular flexibility index (Phi) is 7.06. The molecule has 1 aliphatic rings. The third kappa shape index (κ3) is 5.53. The summed E-state index contributed by atoms with van der Waals surface area (Å²) in [5, 5.41) is 2.86. The van der Waals surface area contributed by atoms with Crippen molar-refractivity contribution in [2.45, 2.75) is 19.8 Å². The van der Waals surface area contributed by atoms with Gasteiger partial charge >= 0.3 is 5.97 Å². The van der Waals surface area contributed by atoms with Gasteiger partial charge in [0.05, 0.1) is 13.7 Å². The lowest BCUT2D eigenvalue weighted by molar-refractivity contribution is -0.140. The molecule has 0 aromatic heterocycles. The summed E-state index contributed by atoms with van der Waals surface area (Å²) in [7, 11) is 1.37. The number of carbonyl (C=O) groups excluding carboxylic acids is 2. The van der Waals surface area contributed by atoms with E-state index in [1.54, 1.807) is 0 Å². The van der Waals surface area contributed by atoms with Crippen LogP contribution in [0.4, 0.5) is 5.69 Å². The molecule has 0 unspecified atom stereocenters. The molecule has 1 heterocycles. The first-order chi connectivity index (χ1) is 11.6. The lowest BCUT2D eigenvalue weighted by Crippen LogP contribution is -2.49. The van der Waals surface area contributed by atoms with Crippen LogP contribution in [0.3, 0.4) is 0 Å². The Morgan fingerprint density at radius 1 is 1.17 bits per heavy atom. The number of piperazine rings is 1. The molecule has 0 saturated carbocycles. The van der Waals surface area contributed by atoms with Gasteiger partial charge in [-0.1, -0.05) is 18.2 Å². The van der Waals surface area contributed by atoms with Crippen molar-refractivity contribution in [2.24, 2.45) is 0 Å². The first-order valence-corrected chi connectivity index (χ1v) is 8.46. The summed E-state index contributed by atoms with van der Waals surface area (Å²) < 4.78 is 4.57. The molecular weight excluding hydrogens is 306 g/mol. The van der Waals surface area contributed by atoms with Crippen molar-refractivity contribution in [3.63, 3.8) is 0 Å². The van der Waals surface area contributed by atoms with Crippen LogP contribution >= 0.6 is 0 Å². The number of nitrogens with one attached hydrogen (secondary N) is 1. The fourth-order valence-corrected chi connectivity index (χ4v) is 2.89. The fourth-order valence-electron chi connectivity index (χ4n) is 2.89. The second-order valence-corrected chi connectivity index (χ2v) is 6.08. The normalized spacial score (nSPS) is 15.2. The lowest BCUT2D eigenvalue weighted by Gasteiger charge is -2.36. The third-order valence-electron chi connectivity index (χ3n) is 4.30. The van der Waals surface area contributed by atoms with Gasteiger partial charge < -0.3 is 15.0 Å². The number of amides is 1. The highest BCUT2D eigenvalue weighted by Crippen LogP contribution is 2.20. The smallest absolute Gasteiger partial charge is 0.305 e. The van der Waals surface area contributed by atoms with E-state index in [2.05, 4.69) is 51.0 Å². The molecule has 1 aromatic carbocycles. The fraction of sp³-hybridized carbons (Fsp3) is 0.556. The Morgan fingerprint density at radius 2 is 1.88 bits per heavy atom. The third-order valence-corrected chi connectivity index (χ3v) is 4.30. The van der Waals surface area contributed by atoms with Crippen LogP contribution in [0.15, 0.2) is 24.3 Å². The molecule has 1 fully saturated rings. The molecule has 1 amide bonds. The average Bonchev–Trinajstić information content (AvgIpc) is 2.60. The Bertz CT molecular complexity index is 554. The van der Waals surface area contributed by atoms with E-state index >= 15 is 0 Å². The molecule has 6 heteroatoms. The zero-order chi connectivity index (χ0) is 17.4. The van der Waals surface area contributed by atoms with Gasteiger partial charge in [0.15, 0.2) is 0 Å². The summed E-state index contributed by atoms with van der Waals surface area (Å²) in [6.45, 7) is 6.68. The summed E-state index contributed by atoms with van der Waals surface area (Å²) in [6, 6.07) is 8.40. The van der Waals surface area contributed by atoms with Gasteiger partial charge in [0, 0.05) is 44.8 Å². The Hall–Kier alpha value is -2.08. The summed E-state index contributed by atoms with van der Waals surface area (Å²) in [6.07, 6.45) is 0.950. The van der Waals surface area contributed by atoms with Crippen molar-refractivity contribution in [1.29, 1.82) is 0 Å². The van der Waals surface area contributed by atoms with Crippen molar-refractivity contribution in [1.82, 2.24) is 10.2 Å². The van der Waals surface area contributed by atoms with E-state index in [4.69, 9.17) is 0 Å². The molecule has 0 aliphatic carbocycles. The molecule has 1 saturated heterocycles. The number of ether oxygens (including phenoxy) is 1. The summed E-state index contributed by atoms with van der Waals surface area (Å²) in [4.78, 5) is 27.5. The predicted octanol–water partition coefficient (Wildman–Crippen LogP) is 1.19. The van der Waals surface area contributed by atoms with E-state index in [1.165, 1.54) is 18.4 Å². The number of anilines is 1. The van der Waals surface area contributed by atoms with Gasteiger partial charge in [-0.05, 0) is 25.0 Å². The quantitative estimate of drug-likeness (QED) is 0.600. The Balaban J connectivity index is 1.66. The lowest BCUT2D eigenvalue weighted by atomic mass is 10.1. The molecule has 2 rings (SSSR count). The summed E-state index contributed by atoms with van der Waals surface area (Å²) >= 11 is 0. The minimum atomic E-state index is -0.239. The molecule has 1 aromatic rings. The van der Waals surface area contributed by atoms with Crippen LogP contribution in [0.25, 0.3) is 0 Å². The number of aryl methyl sites for hydroxylation is 1. The second kappa shape index (κ2) is 9.27. The van der Waals surface area contributed by atoms with Crippen LogP contribution in [-0.2, 0) is 14.3 Å². The second-order valence-electron chi connectivity index (χ2n) is 6.08. The zero-order valence-electron chi connectivity index (χ0n) is 14.6. The van der Waals surface area contributed by atoms with E-state index in [-0.39, 0.29) is 11.9 Å². The number of nitrogens with zero attached hydrogens (tertiary/aromatic N) is 2. The Labute approximate surface area is 143 Å². The van der Waals surface area contributed by atoms with Crippen LogP contribution in [0.1, 0.15) is 18.4 Å². The van der Waals surface area contributed by atoms with Crippen LogP contribution in [0.5, 0.6) is 0 Å². The van der Waals surface area contributed by atoms with Crippen LogP contribution in [0, 0.1) is 6.92 Å². The van der Waals surface area contributed by atoms with E-state index in [0.717, 1.165) is 26.2 Å². The van der Waals surface area contributed by atoms with E-state index in [9.17, 15) is 9.59 Å². The molecule has 0 spiro atoms. The number of benzene rings is 1. The predicted molar refractivity (Wildman–Crippen MR) is 94.1 cm³/mol. The maximum atomic E-state index is 11.9. The SMILES string of the molecule is COC(=O)CCCNC(=O)CN1CCN(c2ccccc2C)CC1. The first kappa shape index (κ1) is 18.3. The monoisotopic (exact) mass is 333 g/mol. The largest absolute Gasteiger partial charge is 0.469 e. The molecular formula is C18H27N3O3. The van der Waals surface area contributed by atoms with Gasteiger partial charge in [0.1, 0.15) is 0 Å². The topological polar surface area (TPSA) is 61.9 Å². The number of esters is 1. The standard InChI is InChI=1S/C18H27N3O3/c1-15-6-3-4-7-16(15)21-12-10-20(11-13-21)14-17(22)19-9-5-8-18(23)24-2/h3-4,6-7H,5,8-14H2,1-2H3,(H,19,22). The number of hydrogen-bond acceptors (Lipinski definition) is 5. The summed E-state index contributed by atoms with van der Waals surface area (Å²) in [5.74, 6) is -0.221. The highest BCUT2D eigenvalue weighted by Gasteiger charge is 2.19. The van der Waals surface area contributed by atoms with E-state index < -0.39 is 0 Å². The minimum Gasteiger partial charge on any atom is -0.469 e. The highest BCUT2D eigenvalue weighted by atomic mass is 16.5. The average molecular weight is 333 g/mol. The molecule has 1 aliphatic heterocycles. The van der Waals surface area contributed by atoms with Crippen molar-refractivity contribution in [3.8, 4) is 0 Å². The molecule has 1 N–H and O–H groups in total. The molecule has 6 nitrogen and oxygen atoms in total. The van der Waals surface area contributed by atoms with Crippen LogP contribution in [-0.4, -0.2) is 63.2 Å². The molecule has 132 valence electrons. The van der Waals surface area contributed by atoms with Gasteiger partial charge in [-0.25, -0.2) is 0 Å². The number of rotatable bonds is 7. The van der Waals surface area contributed by atoms with Gasteiger partial charge in [-0.3, -0.25) is 14.5 Å². The maximum Gasteiger partial charge on any atom is 0.305 e. The zero-order valence-corrected chi connectivity index (χ0v) is 14.6. The highest BCUT2D eigenvalue weighted by molar-refractivity contribution is 5.78. The maximum absolute atomic E-state index is 11.9.